The van der Waals surface area contributed by atoms with Crippen LogP contribution in [0.4, 0.5) is 0 Å². The Hall–Kier alpha value is 0.01000. The largest absolute Gasteiger partial charge is 0.327 e. The van der Waals surface area contributed by atoms with E-state index < -0.39 is 0 Å². The Kier molecular flexibility index (Phi) is 5.39. The third kappa shape index (κ3) is 4.31. The third-order valence-corrected chi connectivity index (χ3v) is 6.19. The maximum atomic E-state index is 6.22. The van der Waals surface area contributed by atoms with Crippen molar-refractivity contribution in [1.82, 2.24) is 0 Å². The van der Waals surface area contributed by atoms with Gasteiger partial charge in [-0.2, -0.15) is 11.8 Å². The topological polar surface area (TPSA) is 26.0 Å². The van der Waals surface area contributed by atoms with Gasteiger partial charge in [-0.25, -0.2) is 0 Å². The number of aryl methyl sites for hydroxylation is 1. The van der Waals surface area contributed by atoms with Crippen molar-refractivity contribution in [3.63, 3.8) is 0 Å². The highest BCUT2D eigenvalue weighted by atomic mass is 32.2. The molecule has 1 saturated carbocycles. The second kappa shape index (κ2) is 6.81. The number of rotatable bonds is 6. The summed E-state index contributed by atoms with van der Waals surface area (Å²) in [6, 6.07) is 4.84. The van der Waals surface area contributed by atoms with Crippen molar-refractivity contribution in [1.29, 1.82) is 0 Å². The van der Waals surface area contributed by atoms with Crippen molar-refractivity contribution in [2.24, 2.45) is 5.73 Å². The summed E-state index contributed by atoms with van der Waals surface area (Å²) in [6.45, 7) is 2.21. The quantitative estimate of drug-likeness (QED) is 0.849. The fraction of sp³-hybridized carbons (Fsp3) is 0.714. The van der Waals surface area contributed by atoms with E-state index >= 15 is 0 Å². The first kappa shape index (κ1) is 13.4. The minimum Gasteiger partial charge on any atom is -0.327 e. The van der Waals surface area contributed by atoms with Crippen molar-refractivity contribution < 1.29 is 0 Å². The zero-order chi connectivity index (χ0) is 12.1. The van der Waals surface area contributed by atoms with Gasteiger partial charge in [0, 0.05) is 26.8 Å². The van der Waals surface area contributed by atoms with Gasteiger partial charge in [-0.1, -0.05) is 19.8 Å². The molecule has 2 N–H and O–H groups in total. The SMILES string of the molecule is CCc1ccc(CC(N)CSC2CCCC2)s1. The molecule has 3 heteroatoms. The second-order valence-corrected chi connectivity index (χ2v) is 7.51. The molecule has 1 aromatic heterocycles. The Morgan fingerprint density at radius 3 is 2.71 bits per heavy atom. The molecular formula is C14H23NS2. The lowest BCUT2D eigenvalue weighted by Gasteiger charge is -2.13. The number of thiophene rings is 1. The summed E-state index contributed by atoms with van der Waals surface area (Å²) in [7, 11) is 0. The standard InChI is InChI=1S/C14H23NS2/c1-2-12-7-8-14(17-12)9-11(15)10-16-13-5-3-4-6-13/h7-8,11,13H,2-6,9-10,15H2,1H3. The Morgan fingerprint density at radius 1 is 1.35 bits per heavy atom. The van der Waals surface area contributed by atoms with Crippen LogP contribution in [0.5, 0.6) is 0 Å². The molecule has 1 aromatic rings. The molecule has 1 nitrogen and oxygen atoms in total. The van der Waals surface area contributed by atoms with Crippen LogP contribution in [0.3, 0.4) is 0 Å². The molecule has 0 bridgehead atoms. The maximum Gasteiger partial charge on any atom is 0.0179 e. The lowest BCUT2D eigenvalue weighted by molar-refractivity contribution is 0.753. The van der Waals surface area contributed by atoms with Crippen molar-refractivity contribution >= 4 is 23.1 Å². The van der Waals surface area contributed by atoms with Crippen LogP contribution >= 0.6 is 23.1 Å². The highest BCUT2D eigenvalue weighted by Gasteiger charge is 2.16. The lowest BCUT2D eigenvalue weighted by atomic mass is 10.2. The molecule has 1 atom stereocenters. The van der Waals surface area contributed by atoms with Crippen molar-refractivity contribution in [3.05, 3.63) is 21.9 Å². The minimum atomic E-state index is 0.337. The zero-order valence-electron chi connectivity index (χ0n) is 10.7. The molecule has 0 amide bonds. The number of thioether (sulfide) groups is 1. The lowest BCUT2D eigenvalue weighted by Crippen LogP contribution is -2.26. The minimum absolute atomic E-state index is 0.337. The van der Waals surface area contributed by atoms with Gasteiger partial charge in [0.15, 0.2) is 0 Å². The van der Waals surface area contributed by atoms with Crippen molar-refractivity contribution in [2.45, 2.75) is 56.7 Å². The average molecular weight is 269 g/mol. The zero-order valence-corrected chi connectivity index (χ0v) is 12.3. The van der Waals surface area contributed by atoms with E-state index in [0.29, 0.717) is 6.04 Å². The van der Waals surface area contributed by atoms with E-state index in [1.165, 1.54) is 35.4 Å². The maximum absolute atomic E-state index is 6.22. The van der Waals surface area contributed by atoms with Crippen molar-refractivity contribution in [2.75, 3.05) is 5.75 Å². The molecular weight excluding hydrogens is 246 g/mol. The van der Waals surface area contributed by atoms with Gasteiger partial charge in [0.1, 0.15) is 0 Å². The first-order valence-electron chi connectivity index (χ1n) is 6.72. The van der Waals surface area contributed by atoms with E-state index in [2.05, 4.69) is 30.8 Å². The van der Waals surface area contributed by atoms with E-state index in [1.54, 1.807) is 0 Å². The number of hydrogen-bond acceptors (Lipinski definition) is 3. The molecule has 1 aliphatic rings. The van der Waals surface area contributed by atoms with E-state index in [-0.39, 0.29) is 0 Å². The fourth-order valence-corrected chi connectivity index (χ4v) is 4.71. The molecule has 17 heavy (non-hydrogen) atoms. The molecule has 0 saturated heterocycles. The highest BCUT2D eigenvalue weighted by molar-refractivity contribution is 7.99. The molecule has 1 heterocycles. The molecule has 0 aromatic carbocycles. The summed E-state index contributed by atoms with van der Waals surface area (Å²) in [5.74, 6) is 1.13. The highest BCUT2D eigenvalue weighted by Crippen LogP contribution is 2.30. The monoisotopic (exact) mass is 269 g/mol. The predicted molar refractivity (Wildman–Crippen MR) is 80.1 cm³/mol. The van der Waals surface area contributed by atoms with Crippen LogP contribution in [0, 0.1) is 0 Å². The molecule has 1 aliphatic carbocycles. The van der Waals surface area contributed by atoms with Gasteiger partial charge in [-0.05, 0) is 37.8 Å². The van der Waals surface area contributed by atoms with Crippen LogP contribution in [0.1, 0.15) is 42.4 Å². The van der Waals surface area contributed by atoms with Crippen LogP contribution in [-0.2, 0) is 12.8 Å². The molecule has 96 valence electrons. The van der Waals surface area contributed by atoms with Gasteiger partial charge in [-0.3, -0.25) is 0 Å². The summed E-state index contributed by atoms with van der Waals surface area (Å²) in [6.07, 6.45) is 7.89. The number of nitrogens with two attached hydrogens (primary N) is 1. The average Bonchev–Trinajstić information content (AvgIpc) is 2.97. The van der Waals surface area contributed by atoms with Gasteiger partial charge in [0.25, 0.3) is 0 Å². The molecule has 0 radical (unpaired) electrons. The first-order valence-corrected chi connectivity index (χ1v) is 8.59. The Morgan fingerprint density at radius 2 is 2.06 bits per heavy atom. The van der Waals surface area contributed by atoms with E-state index in [1.807, 2.05) is 11.3 Å². The van der Waals surface area contributed by atoms with Crippen molar-refractivity contribution in [3.8, 4) is 0 Å². The summed E-state index contributed by atoms with van der Waals surface area (Å²) in [5, 5.41) is 0.899. The van der Waals surface area contributed by atoms with Gasteiger partial charge in [0.05, 0.1) is 0 Å². The Bertz CT molecular complexity index is 329. The van der Waals surface area contributed by atoms with Crippen LogP contribution in [0.2, 0.25) is 0 Å². The smallest absolute Gasteiger partial charge is 0.0179 e. The van der Waals surface area contributed by atoms with Gasteiger partial charge in [-0.15, -0.1) is 11.3 Å². The predicted octanol–water partition coefficient (Wildman–Crippen LogP) is 3.86. The summed E-state index contributed by atoms with van der Waals surface area (Å²) in [4.78, 5) is 2.94. The van der Waals surface area contributed by atoms with Crippen LogP contribution < -0.4 is 5.73 Å². The Labute approximate surface area is 113 Å². The first-order chi connectivity index (χ1) is 8.28. The van der Waals surface area contributed by atoms with Gasteiger partial charge < -0.3 is 5.73 Å². The fourth-order valence-electron chi connectivity index (χ4n) is 2.35. The summed E-state index contributed by atoms with van der Waals surface area (Å²) in [5.41, 5.74) is 6.22. The van der Waals surface area contributed by atoms with Gasteiger partial charge >= 0.3 is 0 Å². The molecule has 1 unspecified atom stereocenters. The number of hydrogen-bond donors (Lipinski definition) is 1. The summed E-state index contributed by atoms with van der Waals surface area (Å²) < 4.78 is 0. The normalized spacial score (nSPS) is 18.7. The molecule has 1 fully saturated rings. The van der Waals surface area contributed by atoms with Crippen LogP contribution in [-0.4, -0.2) is 17.0 Å². The molecule has 0 aliphatic heterocycles. The van der Waals surface area contributed by atoms with E-state index in [0.717, 1.165) is 23.8 Å². The molecule has 2 rings (SSSR count). The van der Waals surface area contributed by atoms with E-state index in [4.69, 9.17) is 5.73 Å². The van der Waals surface area contributed by atoms with Crippen LogP contribution in [0.25, 0.3) is 0 Å². The summed E-state index contributed by atoms with van der Waals surface area (Å²) >= 11 is 4.03. The van der Waals surface area contributed by atoms with Gasteiger partial charge in [0.2, 0.25) is 0 Å². The molecule has 0 spiro atoms. The third-order valence-electron chi connectivity index (χ3n) is 3.38. The Balaban J connectivity index is 1.70. The van der Waals surface area contributed by atoms with Crippen LogP contribution in [0.15, 0.2) is 12.1 Å². The van der Waals surface area contributed by atoms with E-state index in [9.17, 15) is 0 Å². The second-order valence-electron chi connectivity index (χ2n) is 4.93.